The number of rotatable bonds is 2. The molecule has 1 aliphatic heterocycles. The number of hydrogen-bond donors (Lipinski definition) is 0. The maximum atomic E-state index is 14.4. The van der Waals surface area contributed by atoms with Crippen LogP contribution in [0.15, 0.2) is 35.5 Å². The van der Waals surface area contributed by atoms with Gasteiger partial charge in [-0.3, -0.25) is 4.79 Å². The third kappa shape index (κ3) is 2.61. The van der Waals surface area contributed by atoms with Crippen molar-refractivity contribution >= 4 is 23.4 Å². The van der Waals surface area contributed by atoms with Crippen LogP contribution in [0.4, 0.5) is 10.1 Å². The van der Waals surface area contributed by atoms with Crippen LogP contribution in [0.25, 0.3) is 0 Å². The molecule has 0 unspecified atom stereocenters. The molecular formula is C17H17FN2OS. The van der Waals surface area contributed by atoms with E-state index >= 15 is 0 Å². The minimum atomic E-state index is -0.322. The Morgan fingerprint density at radius 3 is 3.00 bits per heavy atom. The highest BCUT2D eigenvalue weighted by Gasteiger charge is 2.28. The van der Waals surface area contributed by atoms with E-state index in [1.54, 1.807) is 23.2 Å². The largest absolute Gasteiger partial charge is 0.305 e. The topological polar surface area (TPSA) is 33.2 Å². The fraction of sp³-hybridized carbons (Fsp3) is 0.294. The summed E-state index contributed by atoms with van der Waals surface area (Å²) in [6.07, 6.45) is 5.19. The summed E-state index contributed by atoms with van der Waals surface area (Å²) in [6, 6.07) is 6.95. The number of nitrogens with zero attached hydrogens (tertiary/aromatic N) is 2. The Morgan fingerprint density at radius 2 is 2.23 bits per heavy atom. The molecule has 0 fully saturated rings. The van der Waals surface area contributed by atoms with Gasteiger partial charge in [0.1, 0.15) is 10.8 Å². The van der Waals surface area contributed by atoms with Gasteiger partial charge in [-0.25, -0.2) is 9.37 Å². The van der Waals surface area contributed by atoms with Crippen LogP contribution in [-0.2, 0) is 6.42 Å². The van der Waals surface area contributed by atoms with E-state index in [4.69, 9.17) is 0 Å². The van der Waals surface area contributed by atoms with Gasteiger partial charge in [0.15, 0.2) is 0 Å². The quantitative estimate of drug-likeness (QED) is 0.789. The van der Waals surface area contributed by atoms with E-state index in [0.717, 1.165) is 24.0 Å². The summed E-state index contributed by atoms with van der Waals surface area (Å²) in [6.45, 7) is 2.41. The molecule has 0 radical (unpaired) electrons. The minimum Gasteiger partial charge on any atom is -0.305 e. The summed E-state index contributed by atoms with van der Waals surface area (Å²) in [7, 11) is 0. The molecule has 0 aliphatic carbocycles. The molecule has 114 valence electrons. The van der Waals surface area contributed by atoms with Crippen molar-refractivity contribution < 1.29 is 9.18 Å². The van der Waals surface area contributed by atoms with Crippen LogP contribution >= 0.6 is 11.8 Å². The fourth-order valence-electron chi connectivity index (χ4n) is 2.90. The lowest BCUT2D eigenvalue weighted by atomic mass is 9.98. The zero-order chi connectivity index (χ0) is 15.7. The van der Waals surface area contributed by atoms with Gasteiger partial charge in [-0.2, -0.15) is 0 Å². The first-order valence-electron chi connectivity index (χ1n) is 7.21. The summed E-state index contributed by atoms with van der Waals surface area (Å²) in [5.74, 6) is -0.501. The lowest BCUT2D eigenvalue weighted by molar-refractivity contribution is 0.0980. The van der Waals surface area contributed by atoms with Gasteiger partial charge in [-0.15, -0.1) is 11.8 Å². The third-order valence-electron chi connectivity index (χ3n) is 3.82. The average molecular weight is 316 g/mol. The molecular weight excluding hydrogens is 299 g/mol. The number of fused-ring (bicyclic) bond motifs is 1. The van der Waals surface area contributed by atoms with Crippen molar-refractivity contribution in [2.75, 3.05) is 17.7 Å². The standard InChI is InChI=1S/C17H17FN2OS/c1-11-9-12-5-4-8-20(15(12)14(18)10-11)17(21)13-6-3-7-19-16(13)22-2/h3,6-7,9-10H,4-5,8H2,1-2H3. The Hall–Kier alpha value is -1.88. The van der Waals surface area contributed by atoms with Crippen molar-refractivity contribution in [3.63, 3.8) is 0 Å². The van der Waals surface area contributed by atoms with E-state index in [1.165, 1.54) is 17.8 Å². The summed E-state index contributed by atoms with van der Waals surface area (Å²) < 4.78 is 14.4. The lowest BCUT2D eigenvalue weighted by Crippen LogP contribution is -2.36. The summed E-state index contributed by atoms with van der Waals surface area (Å²) in [4.78, 5) is 18.7. The molecule has 1 aliphatic rings. The Bertz CT molecular complexity index is 733. The Balaban J connectivity index is 2.06. The predicted molar refractivity (Wildman–Crippen MR) is 87.2 cm³/mol. The van der Waals surface area contributed by atoms with Crippen molar-refractivity contribution in [1.29, 1.82) is 0 Å². The molecule has 2 heterocycles. The molecule has 0 bridgehead atoms. The van der Waals surface area contributed by atoms with Gasteiger partial charge in [-0.05, 0) is 55.3 Å². The smallest absolute Gasteiger partial charge is 0.261 e. The number of benzene rings is 1. The first-order chi connectivity index (χ1) is 10.6. The molecule has 0 N–H and O–H groups in total. The van der Waals surface area contributed by atoms with Crippen LogP contribution in [0.2, 0.25) is 0 Å². The number of aryl methyl sites for hydroxylation is 2. The number of halogens is 1. The first-order valence-corrected chi connectivity index (χ1v) is 8.44. The highest BCUT2D eigenvalue weighted by molar-refractivity contribution is 7.98. The molecule has 0 saturated carbocycles. The fourth-order valence-corrected chi connectivity index (χ4v) is 3.45. The van der Waals surface area contributed by atoms with Crippen LogP contribution in [-0.4, -0.2) is 23.7 Å². The molecule has 3 nitrogen and oxygen atoms in total. The predicted octanol–water partition coefficient (Wildman–Crippen LogP) is 3.84. The van der Waals surface area contributed by atoms with Gasteiger partial charge < -0.3 is 4.90 Å². The SMILES string of the molecule is CSc1ncccc1C(=O)N1CCCc2cc(C)cc(F)c21. The van der Waals surface area contributed by atoms with E-state index in [1.807, 2.05) is 19.2 Å². The second-order valence-corrected chi connectivity index (χ2v) is 6.17. The van der Waals surface area contributed by atoms with E-state index in [2.05, 4.69) is 4.98 Å². The number of amides is 1. The number of thioether (sulfide) groups is 1. The lowest BCUT2D eigenvalue weighted by Gasteiger charge is -2.30. The molecule has 1 amide bonds. The van der Waals surface area contributed by atoms with Crippen LogP contribution in [0.3, 0.4) is 0 Å². The highest BCUT2D eigenvalue weighted by atomic mass is 32.2. The van der Waals surface area contributed by atoms with Gasteiger partial charge in [0.2, 0.25) is 0 Å². The Kier molecular flexibility index (Phi) is 4.16. The molecule has 1 aromatic carbocycles. The Labute approximate surface area is 133 Å². The van der Waals surface area contributed by atoms with Crippen LogP contribution in [0, 0.1) is 12.7 Å². The maximum absolute atomic E-state index is 14.4. The number of hydrogen-bond acceptors (Lipinski definition) is 3. The molecule has 0 atom stereocenters. The molecule has 1 aromatic heterocycles. The zero-order valence-electron chi connectivity index (χ0n) is 12.6. The Morgan fingerprint density at radius 1 is 1.41 bits per heavy atom. The molecule has 0 spiro atoms. The van der Waals surface area contributed by atoms with Crippen molar-refractivity contribution in [2.24, 2.45) is 0 Å². The number of carbonyl (C=O) groups is 1. The van der Waals surface area contributed by atoms with Gasteiger partial charge in [0, 0.05) is 12.7 Å². The number of aromatic nitrogens is 1. The zero-order valence-corrected chi connectivity index (χ0v) is 13.4. The second kappa shape index (κ2) is 6.08. The number of pyridine rings is 1. The third-order valence-corrected chi connectivity index (χ3v) is 4.54. The van der Waals surface area contributed by atoms with Crippen LogP contribution in [0.1, 0.15) is 27.9 Å². The van der Waals surface area contributed by atoms with Gasteiger partial charge >= 0.3 is 0 Å². The van der Waals surface area contributed by atoms with Crippen LogP contribution < -0.4 is 4.90 Å². The second-order valence-electron chi connectivity index (χ2n) is 5.38. The molecule has 22 heavy (non-hydrogen) atoms. The van der Waals surface area contributed by atoms with Crippen LogP contribution in [0.5, 0.6) is 0 Å². The maximum Gasteiger partial charge on any atom is 0.261 e. The van der Waals surface area contributed by atoms with E-state index < -0.39 is 0 Å². The van der Waals surface area contributed by atoms with Crippen molar-refractivity contribution in [1.82, 2.24) is 4.98 Å². The van der Waals surface area contributed by atoms with Gasteiger partial charge in [0.05, 0.1) is 11.3 Å². The van der Waals surface area contributed by atoms with E-state index in [0.29, 0.717) is 22.8 Å². The van der Waals surface area contributed by atoms with E-state index in [-0.39, 0.29) is 11.7 Å². The summed E-state index contributed by atoms with van der Waals surface area (Å²) in [5, 5.41) is 0.673. The molecule has 2 aromatic rings. The van der Waals surface area contributed by atoms with E-state index in [9.17, 15) is 9.18 Å². The monoisotopic (exact) mass is 316 g/mol. The van der Waals surface area contributed by atoms with Crippen molar-refractivity contribution in [2.45, 2.75) is 24.8 Å². The number of carbonyl (C=O) groups excluding carboxylic acids is 1. The summed E-state index contributed by atoms with van der Waals surface area (Å²) >= 11 is 1.42. The van der Waals surface area contributed by atoms with Gasteiger partial charge in [-0.1, -0.05) is 6.07 Å². The molecule has 3 rings (SSSR count). The highest BCUT2D eigenvalue weighted by Crippen LogP contribution is 2.33. The first kappa shape index (κ1) is 15.0. The minimum absolute atomic E-state index is 0.179. The normalized spacial score (nSPS) is 13.9. The molecule has 5 heteroatoms. The molecule has 0 saturated heterocycles. The van der Waals surface area contributed by atoms with Crippen molar-refractivity contribution in [3.05, 3.63) is 53.0 Å². The van der Waals surface area contributed by atoms with Crippen molar-refractivity contribution in [3.8, 4) is 0 Å². The number of anilines is 1. The van der Waals surface area contributed by atoms with Gasteiger partial charge in [0.25, 0.3) is 5.91 Å². The summed E-state index contributed by atoms with van der Waals surface area (Å²) in [5.41, 5.74) is 2.75. The average Bonchev–Trinajstić information content (AvgIpc) is 2.53.